The van der Waals surface area contributed by atoms with Gasteiger partial charge in [-0.25, -0.2) is 0 Å². The molecule has 2 saturated heterocycles. The lowest BCUT2D eigenvalue weighted by molar-refractivity contribution is -0.0289. The van der Waals surface area contributed by atoms with Crippen molar-refractivity contribution in [3.8, 4) is 0 Å². The molecule has 2 N–H and O–H groups in total. The van der Waals surface area contributed by atoms with Crippen LogP contribution in [0.2, 0.25) is 0 Å². The van der Waals surface area contributed by atoms with E-state index in [-0.39, 0.29) is 12.0 Å². The van der Waals surface area contributed by atoms with E-state index in [0.29, 0.717) is 17.9 Å². The highest BCUT2D eigenvalue weighted by atomic mass is 16.5. The van der Waals surface area contributed by atoms with E-state index in [1.807, 2.05) is 18.2 Å². The molecule has 1 amide bonds. The summed E-state index contributed by atoms with van der Waals surface area (Å²) >= 11 is 0. The van der Waals surface area contributed by atoms with E-state index < -0.39 is 5.60 Å². The highest BCUT2D eigenvalue weighted by molar-refractivity contribution is 5.96. The number of rotatable bonds is 8. The lowest BCUT2D eigenvalue weighted by Gasteiger charge is -2.39. The number of benzene rings is 1. The number of furan rings is 1. The Hall–Kier alpha value is -1.89. The van der Waals surface area contributed by atoms with Crippen LogP contribution in [0.15, 0.2) is 28.7 Å². The molecule has 0 spiro atoms. The largest absolute Gasteiger partial charge is 0.451 e. The number of carbonyl (C=O) groups excluding carboxylic acids is 1. The van der Waals surface area contributed by atoms with Crippen molar-refractivity contribution in [2.45, 2.75) is 64.1 Å². The van der Waals surface area contributed by atoms with Crippen LogP contribution in [0.3, 0.4) is 0 Å². The summed E-state index contributed by atoms with van der Waals surface area (Å²) in [6.45, 7) is 8.73. The average Bonchev–Trinajstić information content (AvgIpc) is 3.46. The molecule has 2 aliphatic heterocycles. The minimum atomic E-state index is -0.821. The molecule has 2 fully saturated rings. The SMILES string of the molecule is CCC(CC)CN1CCC(O)(c2ccc3oc(C(=O)NC[C@@H]4CCCO4)cc3c2)CC1. The van der Waals surface area contributed by atoms with Gasteiger partial charge in [0.2, 0.25) is 0 Å². The minimum Gasteiger partial charge on any atom is -0.451 e. The number of piperidine rings is 1. The summed E-state index contributed by atoms with van der Waals surface area (Å²) in [6.07, 6.45) is 6.00. The fourth-order valence-electron chi connectivity index (χ4n) is 4.85. The van der Waals surface area contributed by atoms with Crippen molar-refractivity contribution >= 4 is 16.9 Å². The molecule has 1 aromatic carbocycles. The molecule has 6 heteroatoms. The molecule has 0 radical (unpaired) electrons. The molecule has 6 nitrogen and oxygen atoms in total. The number of aliphatic hydroxyl groups is 1. The van der Waals surface area contributed by atoms with Gasteiger partial charge >= 0.3 is 0 Å². The summed E-state index contributed by atoms with van der Waals surface area (Å²) in [5, 5.41) is 15.1. The van der Waals surface area contributed by atoms with E-state index in [0.717, 1.165) is 68.8 Å². The second-order valence-corrected chi connectivity index (χ2v) is 9.22. The summed E-state index contributed by atoms with van der Waals surface area (Å²) in [5.41, 5.74) is 0.757. The van der Waals surface area contributed by atoms with Crippen molar-refractivity contribution < 1.29 is 19.1 Å². The Balaban J connectivity index is 1.40. The van der Waals surface area contributed by atoms with E-state index in [9.17, 15) is 9.90 Å². The van der Waals surface area contributed by atoms with Crippen LogP contribution in [0.5, 0.6) is 0 Å². The van der Waals surface area contributed by atoms with Crippen molar-refractivity contribution in [2.24, 2.45) is 5.92 Å². The zero-order valence-electron chi connectivity index (χ0n) is 18.9. The first-order valence-electron chi connectivity index (χ1n) is 11.9. The van der Waals surface area contributed by atoms with E-state index in [1.165, 1.54) is 12.8 Å². The quantitative estimate of drug-likeness (QED) is 0.663. The van der Waals surface area contributed by atoms with Gasteiger partial charge in [0, 0.05) is 38.2 Å². The van der Waals surface area contributed by atoms with Crippen molar-refractivity contribution in [1.29, 1.82) is 0 Å². The zero-order chi connectivity index (χ0) is 21.8. The van der Waals surface area contributed by atoms with Crippen LogP contribution in [0.4, 0.5) is 0 Å². The molecule has 2 aliphatic rings. The Kier molecular flexibility index (Phi) is 6.99. The van der Waals surface area contributed by atoms with Gasteiger partial charge in [0.15, 0.2) is 5.76 Å². The predicted molar refractivity (Wildman–Crippen MR) is 121 cm³/mol. The smallest absolute Gasteiger partial charge is 0.287 e. The average molecular weight is 429 g/mol. The normalized spacial score (nSPS) is 21.7. The molecule has 170 valence electrons. The highest BCUT2D eigenvalue weighted by Crippen LogP contribution is 2.35. The Bertz CT molecular complexity index is 875. The molecule has 31 heavy (non-hydrogen) atoms. The summed E-state index contributed by atoms with van der Waals surface area (Å²) in [5.74, 6) is 0.817. The van der Waals surface area contributed by atoms with Crippen molar-refractivity contribution in [1.82, 2.24) is 10.2 Å². The zero-order valence-corrected chi connectivity index (χ0v) is 18.9. The van der Waals surface area contributed by atoms with Crippen LogP contribution >= 0.6 is 0 Å². The Morgan fingerprint density at radius 3 is 2.71 bits per heavy atom. The number of hydrogen-bond acceptors (Lipinski definition) is 5. The number of likely N-dealkylation sites (tertiary alicyclic amines) is 1. The number of nitrogens with one attached hydrogen (secondary N) is 1. The fourth-order valence-corrected chi connectivity index (χ4v) is 4.85. The number of carbonyl (C=O) groups is 1. The highest BCUT2D eigenvalue weighted by Gasteiger charge is 2.34. The first kappa shape index (κ1) is 22.3. The molecule has 0 unspecified atom stereocenters. The van der Waals surface area contributed by atoms with Crippen LogP contribution in [0, 0.1) is 5.92 Å². The Morgan fingerprint density at radius 1 is 1.26 bits per heavy atom. The number of fused-ring (bicyclic) bond motifs is 1. The molecule has 0 bridgehead atoms. The van der Waals surface area contributed by atoms with Gasteiger partial charge in [-0.05, 0) is 55.4 Å². The summed E-state index contributed by atoms with van der Waals surface area (Å²) in [6, 6.07) is 7.56. The first-order valence-corrected chi connectivity index (χ1v) is 11.9. The van der Waals surface area contributed by atoms with Gasteiger partial charge in [0.1, 0.15) is 5.58 Å². The predicted octanol–water partition coefficient (Wildman–Crippen LogP) is 4.06. The van der Waals surface area contributed by atoms with E-state index in [2.05, 4.69) is 24.1 Å². The third kappa shape index (κ3) is 5.13. The first-order chi connectivity index (χ1) is 15.0. The van der Waals surface area contributed by atoms with Gasteiger partial charge in [-0.2, -0.15) is 0 Å². The maximum Gasteiger partial charge on any atom is 0.287 e. The summed E-state index contributed by atoms with van der Waals surface area (Å²) in [4.78, 5) is 15.0. The lowest BCUT2D eigenvalue weighted by Crippen LogP contribution is -2.44. The second kappa shape index (κ2) is 9.72. The molecule has 2 aromatic rings. The van der Waals surface area contributed by atoms with Crippen molar-refractivity contribution in [2.75, 3.05) is 32.8 Å². The van der Waals surface area contributed by atoms with Crippen LogP contribution in [-0.4, -0.2) is 54.8 Å². The van der Waals surface area contributed by atoms with Crippen LogP contribution < -0.4 is 5.32 Å². The number of ether oxygens (including phenoxy) is 1. The van der Waals surface area contributed by atoms with E-state index in [4.69, 9.17) is 9.15 Å². The van der Waals surface area contributed by atoms with Crippen molar-refractivity contribution in [3.63, 3.8) is 0 Å². The van der Waals surface area contributed by atoms with Gasteiger partial charge in [-0.15, -0.1) is 0 Å². The summed E-state index contributed by atoms with van der Waals surface area (Å²) in [7, 11) is 0. The minimum absolute atomic E-state index is 0.102. The van der Waals surface area contributed by atoms with Crippen LogP contribution in [-0.2, 0) is 10.3 Å². The van der Waals surface area contributed by atoms with Gasteiger partial charge in [0.25, 0.3) is 5.91 Å². The van der Waals surface area contributed by atoms with Crippen LogP contribution in [0.1, 0.15) is 68.5 Å². The molecular weight excluding hydrogens is 392 g/mol. The van der Waals surface area contributed by atoms with Crippen LogP contribution in [0.25, 0.3) is 11.0 Å². The third-order valence-corrected chi connectivity index (χ3v) is 7.15. The van der Waals surface area contributed by atoms with Gasteiger partial charge in [-0.3, -0.25) is 4.79 Å². The molecule has 1 aromatic heterocycles. The monoisotopic (exact) mass is 428 g/mol. The number of amides is 1. The van der Waals surface area contributed by atoms with Gasteiger partial charge < -0.3 is 24.5 Å². The van der Waals surface area contributed by atoms with Gasteiger partial charge in [-0.1, -0.05) is 32.8 Å². The fraction of sp³-hybridized carbons (Fsp3) is 0.640. The maximum absolute atomic E-state index is 12.5. The Labute approximate surface area is 184 Å². The molecule has 4 rings (SSSR count). The van der Waals surface area contributed by atoms with E-state index >= 15 is 0 Å². The molecule has 0 saturated carbocycles. The molecular formula is C25H36N2O4. The van der Waals surface area contributed by atoms with Gasteiger partial charge in [0.05, 0.1) is 11.7 Å². The Morgan fingerprint density at radius 2 is 2.03 bits per heavy atom. The number of hydrogen-bond donors (Lipinski definition) is 2. The standard InChI is InChI=1S/C25H36N2O4/c1-3-18(4-2)17-27-11-9-25(29,10-12-27)20-7-8-22-19(14-20)15-23(31-22)24(28)26-16-21-6-5-13-30-21/h7-8,14-15,18,21,29H,3-6,9-13,16-17H2,1-2H3,(H,26,28)/t21-/m0/s1. The van der Waals surface area contributed by atoms with Crippen molar-refractivity contribution in [3.05, 3.63) is 35.6 Å². The number of nitrogens with zero attached hydrogens (tertiary/aromatic N) is 1. The maximum atomic E-state index is 12.5. The summed E-state index contributed by atoms with van der Waals surface area (Å²) < 4.78 is 11.3. The third-order valence-electron chi connectivity index (χ3n) is 7.15. The lowest BCUT2D eigenvalue weighted by atomic mass is 9.83. The second-order valence-electron chi connectivity index (χ2n) is 9.22. The topological polar surface area (TPSA) is 74.9 Å². The molecule has 3 heterocycles. The molecule has 0 aliphatic carbocycles. The van der Waals surface area contributed by atoms with E-state index in [1.54, 1.807) is 6.07 Å². The molecule has 1 atom stereocenters.